The van der Waals surface area contributed by atoms with Crippen molar-refractivity contribution >= 4 is 65.4 Å². The largest absolute Gasteiger partial charge is 0.309 e. The Morgan fingerprint density at radius 3 is 1.43 bits per heavy atom. The molecule has 0 saturated heterocycles. The van der Waals surface area contributed by atoms with Crippen molar-refractivity contribution in [1.82, 2.24) is 13.7 Å². The molecule has 3 heterocycles. The van der Waals surface area contributed by atoms with E-state index in [0.717, 1.165) is 17.1 Å². The molecule has 0 aliphatic heterocycles. The molecule has 10 aromatic carbocycles. The van der Waals surface area contributed by atoms with Crippen molar-refractivity contribution in [1.29, 1.82) is 0 Å². The van der Waals surface area contributed by atoms with Gasteiger partial charge in [0.15, 0.2) is 0 Å². The standard InChI is InChI=1S/C64H47N3/c1-64(2,3)48-31-27-43(28-32-48)44-29-33-49(34-30-44)65-57-24-10-8-22-53(57)56-41-51(35-37-60(56)65)66-59-26-12-9-23-55(59)62-61(66)38-36-54-52-21-7-11-25-58(52)67(63(54)62)50-20-14-19-47(40-50)46-18-13-17-45(39-46)42-15-5-4-6-16-42/h4-41H,1-3H3. The van der Waals surface area contributed by atoms with E-state index in [1.54, 1.807) is 0 Å². The van der Waals surface area contributed by atoms with Gasteiger partial charge in [-0.25, -0.2) is 0 Å². The van der Waals surface area contributed by atoms with E-state index in [-0.39, 0.29) is 5.41 Å². The molecule has 0 aliphatic rings. The fraction of sp³-hybridized carbons (Fsp3) is 0.0625. The third-order valence-corrected chi connectivity index (χ3v) is 14.0. The minimum absolute atomic E-state index is 0.124. The van der Waals surface area contributed by atoms with E-state index in [1.807, 2.05) is 0 Å². The number of hydrogen-bond donors (Lipinski definition) is 0. The summed E-state index contributed by atoms with van der Waals surface area (Å²) in [6, 6.07) is 85.0. The lowest BCUT2D eigenvalue weighted by Gasteiger charge is -2.19. The molecule has 0 amide bonds. The zero-order valence-corrected chi connectivity index (χ0v) is 37.8. The summed E-state index contributed by atoms with van der Waals surface area (Å²) in [6.45, 7) is 6.79. The highest BCUT2D eigenvalue weighted by Gasteiger charge is 2.22. The maximum absolute atomic E-state index is 2.50. The highest BCUT2D eigenvalue weighted by molar-refractivity contribution is 6.26. The van der Waals surface area contributed by atoms with Gasteiger partial charge >= 0.3 is 0 Å². The molecule has 3 aromatic heterocycles. The molecule has 13 rings (SSSR count). The predicted octanol–water partition coefficient (Wildman–Crippen LogP) is 17.3. The monoisotopic (exact) mass is 857 g/mol. The van der Waals surface area contributed by atoms with Crippen molar-refractivity contribution in [3.05, 3.63) is 236 Å². The van der Waals surface area contributed by atoms with Crippen LogP contribution >= 0.6 is 0 Å². The molecule has 0 fully saturated rings. The molecule has 0 bridgehead atoms. The van der Waals surface area contributed by atoms with E-state index < -0.39 is 0 Å². The van der Waals surface area contributed by atoms with Crippen molar-refractivity contribution in [3.63, 3.8) is 0 Å². The molecule has 3 nitrogen and oxygen atoms in total. The Morgan fingerprint density at radius 1 is 0.269 bits per heavy atom. The van der Waals surface area contributed by atoms with Gasteiger partial charge in [-0.1, -0.05) is 178 Å². The molecule has 0 N–H and O–H groups in total. The van der Waals surface area contributed by atoms with Crippen LogP contribution in [0.15, 0.2) is 231 Å². The Hall–Kier alpha value is -8.40. The van der Waals surface area contributed by atoms with Crippen LogP contribution in [0.4, 0.5) is 0 Å². The predicted molar refractivity (Wildman–Crippen MR) is 284 cm³/mol. The number of hydrogen-bond acceptors (Lipinski definition) is 0. The molecule has 0 unspecified atom stereocenters. The fourth-order valence-corrected chi connectivity index (χ4v) is 10.7. The third-order valence-electron chi connectivity index (χ3n) is 14.0. The summed E-state index contributed by atoms with van der Waals surface area (Å²) < 4.78 is 7.39. The van der Waals surface area contributed by atoms with Gasteiger partial charge < -0.3 is 13.7 Å². The average molecular weight is 858 g/mol. The number of nitrogens with zero attached hydrogens (tertiary/aromatic N) is 3. The number of aromatic nitrogens is 3. The SMILES string of the molecule is CC(C)(C)c1ccc(-c2ccc(-n3c4ccccc4c4cc(-n5c6ccccc6c6c5ccc5c7ccccc7n(-c7cccc(-c8cccc(-c9ccccc9)c8)c7)c56)ccc43)cc2)cc1. The highest BCUT2D eigenvalue weighted by atomic mass is 15.0. The Labute approximate surface area is 390 Å². The quantitative estimate of drug-likeness (QED) is 0.158. The van der Waals surface area contributed by atoms with Crippen LogP contribution in [0.1, 0.15) is 26.3 Å². The molecule has 0 atom stereocenters. The van der Waals surface area contributed by atoms with Crippen LogP contribution in [0.5, 0.6) is 0 Å². The van der Waals surface area contributed by atoms with Crippen molar-refractivity contribution in [2.75, 3.05) is 0 Å². The summed E-state index contributed by atoms with van der Waals surface area (Å²) in [5.74, 6) is 0. The molecule has 3 heteroatoms. The first kappa shape index (κ1) is 39.0. The maximum Gasteiger partial charge on any atom is 0.0641 e. The van der Waals surface area contributed by atoms with Crippen LogP contribution in [-0.4, -0.2) is 13.7 Å². The van der Waals surface area contributed by atoms with Gasteiger partial charge in [0.1, 0.15) is 0 Å². The van der Waals surface area contributed by atoms with Crippen LogP contribution in [-0.2, 0) is 5.41 Å². The first-order valence-corrected chi connectivity index (χ1v) is 23.3. The molecule has 0 saturated carbocycles. The lowest BCUT2D eigenvalue weighted by atomic mass is 9.86. The summed E-state index contributed by atoms with van der Waals surface area (Å²) in [5, 5.41) is 7.43. The van der Waals surface area contributed by atoms with E-state index >= 15 is 0 Å². The van der Waals surface area contributed by atoms with Gasteiger partial charge in [0.2, 0.25) is 0 Å². The van der Waals surface area contributed by atoms with Gasteiger partial charge in [-0.2, -0.15) is 0 Å². The third kappa shape index (κ3) is 6.26. The maximum atomic E-state index is 2.50. The number of rotatable bonds is 6. The minimum atomic E-state index is 0.124. The Morgan fingerprint density at radius 2 is 0.731 bits per heavy atom. The number of benzene rings is 10. The smallest absolute Gasteiger partial charge is 0.0641 e. The lowest BCUT2D eigenvalue weighted by molar-refractivity contribution is 0.590. The van der Waals surface area contributed by atoms with Gasteiger partial charge in [0, 0.05) is 49.4 Å². The zero-order chi connectivity index (χ0) is 44.8. The van der Waals surface area contributed by atoms with E-state index in [1.165, 1.54) is 104 Å². The summed E-state index contributed by atoms with van der Waals surface area (Å²) in [4.78, 5) is 0. The molecular weight excluding hydrogens is 811 g/mol. The first-order chi connectivity index (χ1) is 32.9. The van der Waals surface area contributed by atoms with E-state index in [9.17, 15) is 0 Å². The minimum Gasteiger partial charge on any atom is -0.309 e. The summed E-state index contributed by atoms with van der Waals surface area (Å²) in [7, 11) is 0. The van der Waals surface area contributed by atoms with Crippen molar-refractivity contribution in [3.8, 4) is 50.4 Å². The van der Waals surface area contributed by atoms with Gasteiger partial charge in [-0.3, -0.25) is 0 Å². The summed E-state index contributed by atoms with van der Waals surface area (Å²) >= 11 is 0. The molecule has 318 valence electrons. The summed E-state index contributed by atoms with van der Waals surface area (Å²) in [6.07, 6.45) is 0. The van der Waals surface area contributed by atoms with Crippen LogP contribution in [0.2, 0.25) is 0 Å². The topological polar surface area (TPSA) is 14.8 Å². The zero-order valence-electron chi connectivity index (χ0n) is 37.8. The van der Waals surface area contributed by atoms with Crippen LogP contribution in [0, 0.1) is 0 Å². The van der Waals surface area contributed by atoms with Gasteiger partial charge in [-0.05, 0) is 117 Å². The molecule has 13 aromatic rings. The van der Waals surface area contributed by atoms with E-state index in [2.05, 4.69) is 265 Å². The average Bonchev–Trinajstić information content (AvgIpc) is 4.02. The van der Waals surface area contributed by atoms with E-state index in [0.29, 0.717) is 0 Å². The molecule has 67 heavy (non-hydrogen) atoms. The second-order valence-corrected chi connectivity index (χ2v) is 19.0. The Kier molecular flexibility index (Phi) is 8.78. The van der Waals surface area contributed by atoms with Crippen LogP contribution in [0.3, 0.4) is 0 Å². The van der Waals surface area contributed by atoms with Crippen LogP contribution < -0.4 is 0 Å². The van der Waals surface area contributed by atoms with Gasteiger partial charge in [0.25, 0.3) is 0 Å². The Bertz CT molecular complexity index is 4040. The van der Waals surface area contributed by atoms with Gasteiger partial charge in [0.05, 0.1) is 33.1 Å². The Balaban J connectivity index is 0.977. The van der Waals surface area contributed by atoms with Crippen molar-refractivity contribution < 1.29 is 0 Å². The van der Waals surface area contributed by atoms with Gasteiger partial charge in [-0.15, -0.1) is 0 Å². The lowest BCUT2D eigenvalue weighted by Crippen LogP contribution is -2.10. The molecular formula is C64H47N3. The first-order valence-electron chi connectivity index (χ1n) is 23.3. The highest BCUT2D eigenvalue weighted by Crippen LogP contribution is 2.43. The number of fused-ring (bicyclic) bond motifs is 10. The molecule has 0 spiro atoms. The summed E-state index contributed by atoms with van der Waals surface area (Å²) in [5.41, 5.74) is 19.3. The molecule has 0 aliphatic carbocycles. The van der Waals surface area contributed by atoms with E-state index in [4.69, 9.17) is 0 Å². The second-order valence-electron chi connectivity index (χ2n) is 19.0. The molecule has 0 radical (unpaired) electrons. The van der Waals surface area contributed by atoms with Crippen LogP contribution in [0.25, 0.3) is 116 Å². The number of para-hydroxylation sites is 3. The van der Waals surface area contributed by atoms with Crippen molar-refractivity contribution in [2.45, 2.75) is 26.2 Å². The van der Waals surface area contributed by atoms with Crippen molar-refractivity contribution in [2.24, 2.45) is 0 Å². The fourth-order valence-electron chi connectivity index (χ4n) is 10.7. The normalized spacial score (nSPS) is 12.1. The second kappa shape index (κ2) is 15.1.